The Balaban J connectivity index is 1.59. The normalized spacial score (nSPS) is 23.7. The lowest BCUT2D eigenvalue weighted by molar-refractivity contribution is -0.0553. The zero-order valence-electron chi connectivity index (χ0n) is 20.1. The Bertz CT molecular complexity index is 1130. The number of nitrogens with zero attached hydrogens (tertiary/aromatic N) is 2. The molecule has 1 N–H and O–H groups in total. The molecule has 2 aromatic carbocycles. The Kier molecular flexibility index (Phi) is 7.63. The second kappa shape index (κ2) is 10.5. The van der Waals surface area contributed by atoms with E-state index in [1.165, 1.54) is 0 Å². The summed E-state index contributed by atoms with van der Waals surface area (Å²) in [5, 5.41) is 10.2. The molecule has 0 bridgehead atoms. The summed E-state index contributed by atoms with van der Waals surface area (Å²) in [6, 6.07) is 14.8. The number of methoxy groups -OCH3 is 1. The Labute approximate surface area is 203 Å². The van der Waals surface area contributed by atoms with Gasteiger partial charge in [0.1, 0.15) is 5.75 Å². The van der Waals surface area contributed by atoms with Gasteiger partial charge in [0.25, 0.3) is 0 Å². The topological polar surface area (TPSA) is 70.1 Å². The fourth-order valence-electron chi connectivity index (χ4n) is 5.04. The van der Waals surface area contributed by atoms with Crippen LogP contribution in [0.4, 0.5) is 0 Å². The number of hydrogen-bond donors (Lipinski definition) is 1. The van der Waals surface area contributed by atoms with Crippen molar-refractivity contribution in [3.8, 4) is 17.6 Å². The van der Waals surface area contributed by atoms with Crippen molar-refractivity contribution in [2.75, 3.05) is 33.4 Å². The summed E-state index contributed by atoms with van der Waals surface area (Å²) in [5.74, 6) is 7.39. The zero-order chi connectivity index (χ0) is 24.3. The summed E-state index contributed by atoms with van der Waals surface area (Å²) in [5.41, 5.74) is 2.09. The lowest BCUT2D eigenvalue weighted by Gasteiger charge is -2.57. The average molecular weight is 483 g/mol. The highest BCUT2D eigenvalue weighted by Crippen LogP contribution is 2.42. The molecule has 0 spiro atoms. The molecule has 0 unspecified atom stereocenters. The first-order chi connectivity index (χ1) is 16.3. The summed E-state index contributed by atoms with van der Waals surface area (Å²) in [4.78, 5) is 2.57. The van der Waals surface area contributed by atoms with Gasteiger partial charge in [0.15, 0.2) is 0 Å². The van der Waals surface area contributed by atoms with Crippen molar-refractivity contribution >= 4 is 10.0 Å². The minimum atomic E-state index is -3.63. The Morgan fingerprint density at radius 1 is 1.06 bits per heavy atom. The molecule has 0 amide bonds. The number of hydrogen-bond acceptors (Lipinski definition) is 5. The van der Waals surface area contributed by atoms with Crippen LogP contribution in [0.5, 0.6) is 5.75 Å². The minimum Gasteiger partial charge on any atom is -0.497 e. The maximum atomic E-state index is 13.5. The molecule has 2 aliphatic rings. The second-order valence-electron chi connectivity index (χ2n) is 9.37. The molecular formula is C27H34N2O4S. The van der Waals surface area contributed by atoms with E-state index in [4.69, 9.17) is 4.74 Å². The van der Waals surface area contributed by atoms with Gasteiger partial charge in [-0.25, -0.2) is 8.42 Å². The molecule has 2 aromatic rings. The van der Waals surface area contributed by atoms with Crippen LogP contribution < -0.4 is 4.74 Å². The molecule has 7 heteroatoms. The third-order valence-corrected chi connectivity index (χ3v) is 8.71. The van der Waals surface area contributed by atoms with Crippen molar-refractivity contribution in [1.29, 1.82) is 0 Å². The van der Waals surface area contributed by atoms with Gasteiger partial charge in [0, 0.05) is 42.6 Å². The van der Waals surface area contributed by atoms with E-state index in [2.05, 4.69) is 42.7 Å². The van der Waals surface area contributed by atoms with Crippen LogP contribution in [0.15, 0.2) is 53.4 Å². The maximum absolute atomic E-state index is 13.5. The second-order valence-corrected chi connectivity index (χ2v) is 11.3. The average Bonchev–Trinajstić information content (AvgIpc) is 2.82. The van der Waals surface area contributed by atoms with Crippen LogP contribution in [0, 0.1) is 17.8 Å². The molecule has 182 valence electrons. The minimum absolute atomic E-state index is 0.00115. The number of fused-ring (bicyclic) bond motifs is 1. The lowest BCUT2D eigenvalue weighted by Crippen LogP contribution is -2.67. The van der Waals surface area contributed by atoms with E-state index in [0.717, 1.165) is 30.5 Å². The molecule has 0 radical (unpaired) electrons. The molecule has 34 heavy (non-hydrogen) atoms. The molecule has 0 aromatic heterocycles. The first kappa shape index (κ1) is 24.7. The van der Waals surface area contributed by atoms with Crippen LogP contribution in [0.3, 0.4) is 0 Å². The van der Waals surface area contributed by atoms with E-state index in [0.29, 0.717) is 24.8 Å². The van der Waals surface area contributed by atoms with E-state index in [1.807, 2.05) is 12.1 Å². The molecule has 2 saturated heterocycles. The van der Waals surface area contributed by atoms with Gasteiger partial charge in [0.05, 0.1) is 18.6 Å². The van der Waals surface area contributed by atoms with Gasteiger partial charge in [-0.15, -0.1) is 0 Å². The smallest absolute Gasteiger partial charge is 0.243 e. The standard InChI is InChI=1S/C27H34N2O4S/c1-20(2)6-7-21-8-10-22(11-9-21)27-25-18-28(16-4-5-17-29(25)26(27)19-30)34(31,32)24-14-12-23(33-3)13-15-24/h8-15,20,25-27,30H,4-5,16-19H2,1-3H3/t25-,26-,27+/m0/s1. The van der Waals surface area contributed by atoms with Crippen LogP contribution in [-0.2, 0) is 10.0 Å². The van der Waals surface area contributed by atoms with Gasteiger partial charge in [0.2, 0.25) is 10.0 Å². The molecule has 6 nitrogen and oxygen atoms in total. The number of rotatable bonds is 5. The van der Waals surface area contributed by atoms with Crippen molar-refractivity contribution in [3.05, 3.63) is 59.7 Å². The number of benzene rings is 2. The van der Waals surface area contributed by atoms with Gasteiger partial charge in [-0.2, -0.15) is 4.31 Å². The highest BCUT2D eigenvalue weighted by molar-refractivity contribution is 7.89. The van der Waals surface area contributed by atoms with Gasteiger partial charge < -0.3 is 9.84 Å². The van der Waals surface area contributed by atoms with Crippen LogP contribution in [-0.4, -0.2) is 68.2 Å². The lowest BCUT2D eigenvalue weighted by atomic mass is 9.74. The van der Waals surface area contributed by atoms with E-state index < -0.39 is 10.0 Å². The van der Waals surface area contributed by atoms with Crippen molar-refractivity contribution in [1.82, 2.24) is 9.21 Å². The third-order valence-electron chi connectivity index (χ3n) is 6.83. The molecule has 2 aliphatic heterocycles. The molecule has 3 atom stereocenters. The third kappa shape index (κ3) is 5.01. The highest BCUT2D eigenvalue weighted by Gasteiger charge is 2.50. The van der Waals surface area contributed by atoms with Crippen LogP contribution in [0.25, 0.3) is 0 Å². The van der Waals surface area contributed by atoms with Crippen LogP contribution in [0.1, 0.15) is 43.7 Å². The molecule has 2 heterocycles. The summed E-state index contributed by atoms with van der Waals surface area (Å²) in [7, 11) is -2.07. The quantitative estimate of drug-likeness (QED) is 0.662. The number of aliphatic hydroxyl groups is 1. The van der Waals surface area contributed by atoms with Gasteiger partial charge in [-0.05, 0) is 61.3 Å². The summed E-state index contributed by atoms with van der Waals surface area (Å²) < 4.78 is 33.8. The fraction of sp³-hybridized carbons (Fsp3) is 0.481. The molecule has 4 rings (SSSR count). The summed E-state index contributed by atoms with van der Waals surface area (Å²) in [6.07, 6.45) is 1.70. The van der Waals surface area contributed by atoms with Gasteiger partial charge in [-0.1, -0.05) is 37.8 Å². The van der Waals surface area contributed by atoms with Gasteiger partial charge in [-0.3, -0.25) is 4.90 Å². The largest absolute Gasteiger partial charge is 0.497 e. The number of aliphatic hydroxyl groups excluding tert-OH is 1. The zero-order valence-corrected chi connectivity index (χ0v) is 21.0. The predicted octanol–water partition coefficient (Wildman–Crippen LogP) is 3.32. The summed E-state index contributed by atoms with van der Waals surface area (Å²) >= 11 is 0. The van der Waals surface area contributed by atoms with Crippen molar-refractivity contribution < 1.29 is 18.3 Å². The van der Waals surface area contributed by atoms with Crippen LogP contribution >= 0.6 is 0 Å². The highest BCUT2D eigenvalue weighted by atomic mass is 32.2. The number of sulfonamides is 1. The van der Waals surface area contributed by atoms with Crippen LogP contribution in [0.2, 0.25) is 0 Å². The Morgan fingerprint density at radius 2 is 1.74 bits per heavy atom. The van der Waals surface area contributed by atoms with E-state index >= 15 is 0 Å². The van der Waals surface area contributed by atoms with Crippen molar-refractivity contribution in [2.45, 2.75) is 49.6 Å². The first-order valence-corrected chi connectivity index (χ1v) is 13.4. The number of ether oxygens (including phenoxy) is 1. The first-order valence-electron chi connectivity index (χ1n) is 12.0. The van der Waals surface area contributed by atoms with E-state index in [-0.39, 0.29) is 29.5 Å². The van der Waals surface area contributed by atoms with Gasteiger partial charge >= 0.3 is 0 Å². The van der Waals surface area contributed by atoms with E-state index in [1.54, 1.807) is 35.7 Å². The van der Waals surface area contributed by atoms with Crippen molar-refractivity contribution in [2.24, 2.45) is 5.92 Å². The Morgan fingerprint density at radius 3 is 2.35 bits per heavy atom. The molecule has 2 fully saturated rings. The Hall–Kier alpha value is -2.37. The molecular weight excluding hydrogens is 448 g/mol. The monoisotopic (exact) mass is 482 g/mol. The molecule has 0 aliphatic carbocycles. The van der Waals surface area contributed by atoms with Crippen molar-refractivity contribution in [3.63, 3.8) is 0 Å². The fourth-order valence-corrected chi connectivity index (χ4v) is 6.54. The summed E-state index contributed by atoms with van der Waals surface area (Å²) in [6.45, 7) is 5.97. The molecule has 0 saturated carbocycles. The SMILES string of the molecule is COc1ccc(S(=O)(=O)N2CCCCN3[C@@H](CO)[C@H](c4ccc(C#CC(C)C)cc4)[C@@H]3C2)cc1. The maximum Gasteiger partial charge on any atom is 0.243 e. The predicted molar refractivity (Wildman–Crippen MR) is 133 cm³/mol. The van der Waals surface area contributed by atoms with E-state index in [9.17, 15) is 13.5 Å².